The second-order valence-electron chi connectivity index (χ2n) is 5.53. The van der Waals surface area contributed by atoms with Crippen molar-refractivity contribution in [1.29, 1.82) is 5.26 Å². The van der Waals surface area contributed by atoms with Crippen molar-refractivity contribution in [3.05, 3.63) is 71.1 Å². The molecule has 6 nitrogen and oxygen atoms in total. The van der Waals surface area contributed by atoms with Gasteiger partial charge in [-0.3, -0.25) is 4.79 Å². The van der Waals surface area contributed by atoms with Crippen LogP contribution in [0.5, 0.6) is 5.75 Å². The van der Waals surface area contributed by atoms with Gasteiger partial charge in [-0.05, 0) is 30.3 Å². The van der Waals surface area contributed by atoms with Gasteiger partial charge < -0.3 is 14.1 Å². The molecule has 0 radical (unpaired) electrons. The number of amides is 1. The predicted molar refractivity (Wildman–Crippen MR) is 97.0 cm³/mol. The van der Waals surface area contributed by atoms with Crippen molar-refractivity contribution in [2.75, 3.05) is 18.1 Å². The minimum atomic E-state index is -0.447. The molecule has 0 N–H and O–H groups in total. The highest BCUT2D eigenvalue weighted by atomic mass is 16.5. The molecule has 26 heavy (non-hydrogen) atoms. The molecule has 0 atom stereocenters. The van der Waals surface area contributed by atoms with Crippen molar-refractivity contribution in [1.82, 2.24) is 0 Å². The Morgan fingerprint density at radius 3 is 2.65 bits per heavy atom. The predicted octanol–water partition coefficient (Wildman–Crippen LogP) is 3.12. The maximum absolute atomic E-state index is 12.6. The molecule has 0 aliphatic heterocycles. The van der Waals surface area contributed by atoms with Gasteiger partial charge in [-0.15, -0.1) is 0 Å². The number of ether oxygens (including phenoxy) is 1. The van der Waals surface area contributed by atoms with Crippen molar-refractivity contribution in [2.45, 2.75) is 6.42 Å². The number of benzene rings is 2. The fraction of sp³-hybridized carbons (Fsp3) is 0.150. The van der Waals surface area contributed by atoms with E-state index < -0.39 is 5.63 Å². The molecule has 0 spiro atoms. The second-order valence-corrected chi connectivity index (χ2v) is 5.53. The third-order valence-corrected chi connectivity index (χ3v) is 3.77. The Morgan fingerprint density at radius 1 is 1.12 bits per heavy atom. The molecule has 0 fully saturated rings. The van der Waals surface area contributed by atoms with E-state index in [1.54, 1.807) is 36.4 Å². The molecule has 130 valence electrons. The van der Waals surface area contributed by atoms with Crippen LogP contribution < -0.4 is 15.3 Å². The van der Waals surface area contributed by atoms with Crippen LogP contribution >= 0.6 is 0 Å². The van der Waals surface area contributed by atoms with Crippen LogP contribution in [-0.4, -0.2) is 19.1 Å². The highest BCUT2D eigenvalue weighted by Gasteiger charge is 2.16. The third-order valence-electron chi connectivity index (χ3n) is 3.77. The number of hydrogen-bond acceptors (Lipinski definition) is 5. The molecule has 1 aromatic heterocycles. The van der Waals surface area contributed by atoms with Crippen LogP contribution in [0.2, 0.25) is 0 Å². The lowest BCUT2D eigenvalue weighted by Crippen LogP contribution is -2.35. The van der Waals surface area contributed by atoms with E-state index in [2.05, 4.69) is 0 Å². The largest absolute Gasteiger partial charge is 0.484 e. The molecule has 0 saturated heterocycles. The molecule has 0 bridgehead atoms. The first-order valence-electron chi connectivity index (χ1n) is 8.06. The Balaban J connectivity index is 1.73. The van der Waals surface area contributed by atoms with E-state index in [-0.39, 0.29) is 25.5 Å². The average molecular weight is 348 g/mol. The number of anilines is 1. The maximum Gasteiger partial charge on any atom is 0.336 e. The lowest BCUT2D eigenvalue weighted by Gasteiger charge is -2.21. The molecule has 1 amide bonds. The first kappa shape index (κ1) is 17.2. The van der Waals surface area contributed by atoms with Crippen molar-refractivity contribution in [3.63, 3.8) is 0 Å². The summed E-state index contributed by atoms with van der Waals surface area (Å²) in [6.45, 7) is 0.0954. The Kier molecular flexibility index (Phi) is 5.30. The van der Waals surface area contributed by atoms with Crippen LogP contribution in [0.1, 0.15) is 6.42 Å². The molecular weight excluding hydrogens is 332 g/mol. The van der Waals surface area contributed by atoms with E-state index in [1.165, 1.54) is 11.0 Å². The Morgan fingerprint density at radius 2 is 1.88 bits per heavy atom. The second kappa shape index (κ2) is 7.99. The van der Waals surface area contributed by atoms with Crippen LogP contribution in [0.25, 0.3) is 11.0 Å². The first-order chi connectivity index (χ1) is 12.7. The Labute approximate surface area is 149 Å². The number of para-hydroxylation sites is 1. The Bertz CT molecular complexity index is 1010. The fourth-order valence-corrected chi connectivity index (χ4v) is 2.52. The summed E-state index contributed by atoms with van der Waals surface area (Å²) in [5, 5.41) is 9.59. The van der Waals surface area contributed by atoms with Gasteiger partial charge in [-0.25, -0.2) is 4.79 Å². The quantitative estimate of drug-likeness (QED) is 0.639. The van der Waals surface area contributed by atoms with Gasteiger partial charge in [-0.1, -0.05) is 18.2 Å². The number of carbonyl (C=O) groups is 1. The lowest BCUT2D eigenvalue weighted by molar-refractivity contribution is -0.120. The SMILES string of the molecule is N#CCCN(C(=O)COc1ccc2ccc(=O)oc2c1)c1ccccc1. The topological polar surface area (TPSA) is 83.5 Å². The molecule has 3 aromatic rings. The zero-order valence-corrected chi connectivity index (χ0v) is 13.9. The highest BCUT2D eigenvalue weighted by molar-refractivity contribution is 5.94. The maximum atomic E-state index is 12.6. The average Bonchev–Trinajstić information content (AvgIpc) is 2.67. The third kappa shape index (κ3) is 4.08. The zero-order chi connectivity index (χ0) is 18.4. The summed E-state index contributed by atoms with van der Waals surface area (Å²) in [5.41, 5.74) is 0.658. The van der Waals surface area contributed by atoms with Gasteiger partial charge in [0.1, 0.15) is 11.3 Å². The number of carbonyl (C=O) groups excluding carboxylic acids is 1. The Hall–Kier alpha value is -3.59. The number of hydrogen-bond donors (Lipinski definition) is 0. The van der Waals surface area contributed by atoms with E-state index in [0.717, 1.165) is 5.39 Å². The smallest absolute Gasteiger partial charge is 0.336 e. The summed E-state index contributed by atoms with van der Waals surface area (Å²) in [4.78, 5) is 25.4. The van der Waals surface area contributed by atoms with E-state index in [4.69, 9.17) is 14.4 Å². The normalized spacial score (nSPS) is 10.3. The fourth-order valence-electron chi connectivity index (χ4n) is 2.52. The summed E-state index contributed by atoms with van der Waals surface area (Å²) in [6.07, 6.45) is 0.224. The lowest BCUT2D eigenvalue weighted by atomic mass is 10.2. The number of rotatable bonds is 6. The summed E-state index contributed by atoms with van der Waals surface area (Å²) in [7, 11) is 0. The first-order valence-corrected chi connectivity index (χ1v) is 8.06. The van der Waals surface area contributed by atoms with Crippen LogP contribution in [0.15, 0.2) is 69.9 Å². The minimum Gasteiger partial charge on any atom is -0.484 e. The van der Waals surface area contributed by atoms with Gasteiger partial charge in [0, 0.05) is 29.8 Å². The molecule has 0 saturated carbocycles. The molecule has 3 rings (SSSR count). The minimum absolute atomic E-state index is 0.192. The van der Waals surface area contributed by atoms with Gasteiger partial charge in [0.05, 0.1) is 12.5 Å². The standard InChI is InChI=1S/C20H16N2O4/c21-11-4-12-22(16-5-2-1-3-6-16)19(23)14-25-17-9-7-15-8-10-20(24)26-18(15)13-17/h1-3,5-10,13H,4,12,14H2. The van der Waals surface area contributed by atoms with Gasteiger partial charge in [0.2, 0.25) is 0 Å². The summed E-state index contributed by atoms with van der Waals surface area (Å²) in [5.74, 6) is 0.162. The summed E-state index contributed by atoms with van der Waals surface area (Å²) in [6, 6.07) is 19.2. The molecule has 0 aliphatic carbocycles. The van der Waals surface area contributed by atoms with Gasteiger partial charge in [0.15, 0.2) is 6.61 Å². The zero-order valence-electron chi connectivity index (χ0n) is 13.9. The van der Waals surface area contributed by atoms with Crippen LogP contribution in [0.3, 0.4) is 0 Å². The van der Waals surface area contributed by atoms with Crippen molar-refractivity contribution >= 4 is 22.6 Å². The molecule has 0 unspecified atom stereocenters. The molecule has 2 aromatic carbocycles. The molecule has 6 heteroatoms. The van der Waals surface area contributed by atoms with E-state index >= 15 is 0 Å². The highest BCUT2D eigenvalue weighted by Crippen LogP contribution is 2.20. The number of nitrogens with zero attached hydrogens (tertiary/aromatic N) is 2. The molecular formula is C20H16N2O4. The monoisotopic (exact) mass is 348 g/mol. The van der Waals surface area contributed by atoms with E-state index in [9.17, 15) is 9.59 Å². The van der Waals surface area contributed by atoms with Crippen molar-refractivity contribution in [2.24, 2.45) is 0 Å². The number of nitriles is 1. The summed E-state index contributed by atoms with van der Waals surface area (Å²) >= 11 is 0. The van der Waals surface area contributed by atoms with Crippen LogP contribution in [-0.2, 0) is 4.79 Å². The van der Waals surface area contributed by atoms with Gasteiger partial charge in [-0.2, -0.15) is 5.26 Å². The molecule has 1 heterocycles. The van der Waals surface area contributed by atoms with Crippen molar-refractivity contribution in [3.8, 4) is 11.8 Å². The van der Waals surface area contributed by atoms with Crippen LogP contribution in [0.4, 0.5) is 5.69 Å². The molecule has 0 aliphatic rings. The van der Waals surface area contributed by atoms with Gasteiger partial charge in [0.25, 0.3) is 5.91 Å². The van der Waals surface area contributed by atoms with Crippen molar-refractivity contribution < 1.29 is 13.9 Å². The van der Waals surface area contributed by atoms with Gasteiger partial charge >= 0.3 is 5.63 Å². The van der Waals surface area contributed by atoms with Crippen LogP contribution in [0, 0.1) is 11.3 Å². The van der Waals surface area contributed by atoms with E-state index in [1.807, 2.05) is 24.3 Å². The summed E-state index contributed by atoms with van der Waals surface area (Å²) < 4.78 is 10.7. The number of fused-ring (bicyclic) bond motifs is 1. The van der Waals surface area contributed by atoms with E-state index in [0.29, 0.717) is 17.0 Å².